The van der Waals surface area contributed by atoms with Crippen molar-refractivity contribution in [2.45, 2.75) is 26.7 Å². The Morgan fingerprint density at radius 1 is 1.25 bits per heavy atom. The molecule has 0 atom stereocenters. The van der Waals surface area contributed by atoms with Crippen molar-refractivity contribution in [1.29, 1.82) is 0 Å². The van der Waals surface area contributed by atoms with Crippen LogP contribution < -0.4 is 10.2 Å². The van der Waals surface area contributed by atoms with Crippen LogP contribution in [0, 0.1) is 0 Å². The zero-order valence-corrected chi connectivity index (χ0v) is 12.5. The van der Waals surface area contributed by atoms with Gasteiger partial charge < -0.3 is 15.3 Å². The predicted octanol–water partition coefficient (Wildman–Crippen LogP) is 2.80. The molecule has 110 valence electrons. The Bertz CT molecular complexity index is 446. The van der Waals surface area contributed by atoms with E-state index in [1.165, 1.54) is 0 Å². The summed E-state index contributed by atoms with van der Waals surface area (Å²) in [5, 5.41) is 11.8. The summed E-state index contributed by atoms with van der Waals surface area (Å²) in [5.74, 6) is -0.0832. The Hall–Kier alpha value is -1.81. The number of amides is 1. The lowest BCUT2D eigenvalue weighted by Crippen LogP contribution is -2.21. The van der Waals surface area contributed by atoms with E-state index in [0.717, 1.165) is 29.8 Å². The van der Waals surface area contributed by atoms with Gasteiger partial charge in [0.15, 0.2) is 0 Å². The van der Waals surface area contributed by atoms with Crippen LogP contribution >= 0.6 is 0 Å². The van der Waals surface area contributed by atoms with Crippen LogP contribution in [0.15, 0.2) is 35.9 Å². The second kappa shape index (κ2) is 8.38. The van der Waals surface area contributed by atoms with Crippen LogP contribution in [0.4, 0.5) is 11.4 Å². The molecular weight excluding hydrogens is 252 g/mol. The first-order valence-electron chi connectivity index (χ1n) is 7.03. The maximum absolute atomic E-state index is 11.8. The fourth-order valence-electron chi connectivity index (χ4n) is 1.90. The molecule has 1 aromatic carbocycles. The maximum atomic E-state index is 11.8. The standard InChI is InChI=1S/C16H24N2O2/c1-4-13(5-2)12-16(20)17-14-6-8-15(9-7-14)18(3)10-11-19/h6-9,12,19H,4-5,10-11H2,1-3H3,(H,17,20). The summed E-state index contributed by atoms with van der Waals surface area (Å²) in [6.07, 6.45) is 3.47. The number of hydrogen-bond donors (Lipinski definition) is 2. The number of allylic oxidation sites excluding steroid dienone is 1. The first-order chi connectivity index (χ1) is 9.60. The van der Waals surface area contributed by atoms with Gasteiger partial charge >= 0.3 is 0 Å². The minimum absolute atomic E-state index is 0.0832. The normalized spacial score (nSPS) is 10.0. The largest absolute Gasteiger partial charge is 0.395 e. The van der Waals surface area contributed by atoms with Crippen LogP contribution in [0.5, 0.6) is 0 Å². The van der Waals surface area contributed by atoms with Gasteiger partial charge in [0.1, 0.15) is 0 Å². The molecule has 0 aliphatic carbocycles. The number of aliphatic hydroxyl groups excluding tert-OH is 1. The van der Waals surface area contributed by atoms with Gasteiger partial charge in [0, 0.05) is 31.0 Å². The van der Waals surface area contributed by atoms with Crippen molar-refractivity contribution >= 4 is 17.3 Å². The van der Waals surface area contributed by atoms with Gasteiger partial charge in [0.25, 0.3) is 0 Å². The summed E-state index contributed by atoms with van der Waals surface area (Å²) in [5.41, 5.74) is 2.93. The molecule has 0 aliphatic rings. The lowest BCUT2D eigenvalue weighted by molar-refractivity contribution is -0.112. The molecule has 4 heteroatoms. The van der Waals surface area contributed by atoms with Gasteiger partial charge in [-0.2, -0.15) is 0 Å². The number of carbonyl (C=O) groups excluding carboxylic acids is 1. The maximum Gasteiger partial charge on any atom is 0.248 e. The van der Waals surface area contributed by atoms with Crippen molar-refractivity contribution in [2.75, 3.05) is 30.4 Å². The van der Waals surface area contributed by atoms with Gasteiger partial charge in [-0.15, -0.1) is 0 Å². The predicted molar refractivity (Wildman–Crippen MR) is 84.1 cm³/mol. The lowest BCUT2D eigenvalue weighted by atomic mass is 10.1. The van der Waals surface area contributed by atoms with Crippen LogP contribution in [0.3, 0.4) is 0 Å². The van der Waals surface area contributed by atoms with Crippen LogP contribution in [-0.2, 0) is 4.79 Å². The van der Waals surface area contributed by atoms with Gasteiger partial charge in [0.05, 0.1) is 6.61 Å². The van der Waals surface area contributed by atoms with Crippen molar-refractivity contribution in [3.63, 3.8) is 0 Å². The molecular formula is C16H24N2O2. The summed E-state index contributed by atoms with van der Waals surface area (Å²) in [7, 11) is 1.92. The molecule has 1 aromatic rings. The average Bonchev–Trinajstić information content (AvgIpc) is 2.45. The molecule has 0 radical (unpaired) electrons. The van der Waals surface area contributed by atoms with Crippen molar-refractivity contribution in [3.8, 4) is 0 Å². The molecule has 0 saturated heterocycles. The molecule has 0 spiro atoms. The zero-order valence-electron chi connectivity index (χ0n) is 12.5. The fourth-order valence-corrected chi connectivity index (χ4v) is 1.90. The monoisotopic (exact) mass is 276 g/mol. The molecule has 0 bridgehead atoms. The molecule has 2 N–H and O–H groups in total. The van der Waals surface area contributed by atoms with Crippen LogP contribution in [0.2, 0.25) is 0 Å². The Kier molecular flexibility index (Phi) is 6.81. The minimum Gasteiger partial charge on any atom is -0.395 e. The number of carbonyl (C=O) groups is 1. The Morgan fingerprint density at radius 3 is 2.35 bits per heavy atom. The number of likely N-dealkylation sites (N-methyl/N-ethyl adjacent to an activating group) is 1. The van der Waals surface area contributed by atoms with Crippen LogP contribution in [0.1, 0.15) is 26.7 Å². The summed E-state index contributed by atoms with van der Waals surface area (Å²) in [6.45, 7) is 4.81. The molecule has 0 fully saturated rings. The topological polar surface area (TPSA) is 52.6 Å². The minimum atomic E-state index is -0.0832. The molecule has 1 amide bonds. The highest BCUT2D eigenvalue weighted by Gasteiger charge is 2.03. The van der Waals surface area contributed by atoms with Gasteiger partial charge in [-0.3, -0.25) is 4.79 Å². The van der Waals surface area contributed by atoms with Crippen LogP contribution in [-0.4, -0.2) is 31.2 Å². The van der Waals surface area contributed by atoms with E-state index in [-0.39, 0.29) is 12.5 Å². The molecule has 0 saturated carbocycles. The van der Waals surface area contributed by atoms with Crippen molar-refractivity contribution in [2.24, 2.45) is 0 Å². The first kappa shape index (κ1) is 16.2. The first-order valence-corrected chi connectivity index (χ1v) is 7.03. The summed E-state index contributed by atoms with van der Waals surface area (Å²) >= 11 is 0. The van der Waals surface area contributed by atoms with Gasteiger partial charge in [-0.05, 0) is 37.1 Å². The fraction of sp³-hybridized carbons (Fsp3) is 0.438. The quantitative estimate of drug-likeness (QED) is 0.753. The molecule has 1 rings (SSSR count). The van der Waals surface area contributed by atoms with Gasteiger partial charge in [0.2, 0.25) is 5.91 Å². The Morgan fingerprint density at radius 2 is 1.85 bits per heavy atom. The zero-order chi connectivity index (χ0) is 15.0. The second-order valence-electron chi connectivity index (χ2n) is 4.69. The van der Waals surface area contributed by atoms with E-state index >= 15 is 0 Å². The summed E-state index contributed by atoms with van der Waals surface area (Å²) < 4.78 is 0. The number of hydrogen-bond acceptors (Lipinski definition) is 3. The van der Waals surface area contributed by atoms with Gasteiger partial charge in [-0.25, -0.2) is 0 Å². The molecule has 0 aromatic heterocycles. The van der Waals surface area contributed by atoms with E-state index in [1.54, 1.807) is 6.08 Å². The molecule has 20 heavy (non-hydrogen) atoms. The number of rotatable bonds is 7. The third kappa shape index (κ3) is 5.05. The highest BCUT2D eigenvalue weighted by molar-refractivity contribution is 5.99. The third-order valence-corrected chi connectivity index (χ3v) is 3.25. The smallest absolute Gasteiger partial charge is 0.248 e. The third-order valence-electron chi connectivity index (χ3n) is 3.25. The molecule has 0 heterocycles. The van der Waals surface area contributed by atoms with E-state index in [1.807, 2.05) is 36.2 Å². The summed E-state index contributed by atoms with van der Waals surface area (Å²) in [6, 6.07) is 7.59. The van der Waals surface area contributed by atoms with E-state index in [9.17, 15) is 4.79 Å². The van der Waals surface area contributed by atoms with E-state index < -0.39 is 0 Å². The number of aliphatic hydroxyl groups is 1. The van der Waals surface area contributed by atoms with Crippen molar-refractivity contribution in [1.82, 2.24) is 0 Å². The Labute approximate surface area is 121 Å². The van der Waals surface area contributed by atoms with Crippen molar-refractivity contribution < 1.29 is 9.90 Å². The SMILES string of the molecule is CCC(=CC(=O)Nc1ccc(N(C)CCO)cc1)CC. The highest BCUT2D eigenvalue weighted by Crippen LogP contribution is 2.17. The Balaban J connectivity index is 2.66. The number of nitrogens with zero attached hydrogens (tertiary/aromatic N) is 1. The van der Waals surface area contributed by atoms with E-state index in [4.69, 9.17) is 5.11 Å². The molecule has 0 aliphatic heterocycles. The molecule has 0 unspecified atom stereocenters. The van der Waals surface area contributed by atoms with E-state index in [2.05, 4.69) is 19.2 Å². The van der Waals surface area contributed by atoms with E-state index in [0.29, 0.717) is 6.54 Å². The summed E-state index contributed by atoms with van der Waals surface area (Å²) in [4.78, 5) is 13.8. The number of benzene rings is 1. The number of anilines is 2. The average molecular weight is 276 g/mol. The van der Waals surface area contributed by atoms with Crippen molar-refractivity contribution in [3.05, 3.63) is 35.9 Å². The van der Waals surface area contributed by atoms with Crippen LogP contribution in [0.25, 0.3) is 0 Å². The highest BCUT2D eigenvalue weighted by atomic mass is 16.3. The van der Waals surface area contributed by atoms with Gasteiger partial charge in [-0.1, -0.05) is 19.4 Å². The number of nitrogens with one attached hydrogen (secondary N) is 1. The second-order valence-corrected chi connectivity index (χ2v) is 4.69. The lowest BCUT2D eigenvalue weighted by Gasteiger charge is -2.18. The molecule has 4 nitrogen and oxygen atoms in total.